The average molecular weight is 467 g/mol. The first-order chi connectivity index (χ1) is 16.0. The number of carbonyl (C=O) groups excluding carboxylic acids is 1. The molecule has 0 aromatic rings. The molecule has 1 unspecified atom stereocenters. The van der Waals surface area contributed by atoms with E-state index < -0.39 is 0 Å². The first kappa shape index (κ1) is 32.1. The van der Waals surface area contributed by atoms with Gasteiger partial charge in [0, 0.05) is 26.1 Å². The summed E-state index contributed by atoms with van der Waals surface area (Å²) in [6, 6.07) is 0. The Morgan fingerprint density at radius 2 is 1.39 bits per heavy atom. The van der Waals surface area contributed by atoms with E-state index in [-0.39, 0.29) is 12.5 Å². The summed E-state index contributed by atoms with van der Waals surface area (Å²) < 4.78 is 0. The fraction of sp³-hybridized carbons (Fsp3) is 0.897. The van der Waals surface area contributed by atoms with Crippen molar-refractivity contribution in [3.05, 3.63) is 11.6 Å². The van der Waals surface area contributed by atoms with Crippen molar-refractivity contribution in [3.63, 3.8) is 0 Å². The number of aliphatic hydroxyl groups is 1. The topological polar surface area (TPSA) is 52.6 Å². The maximum Gasteiger partial charge on any atom is 0.220 e. The Labute approximate surface area is 207 Å². The lowest BCUT2D eigenvalue weighted by Crippen LogP contribution is -2.29. The van der Waals surface area contributed by atoms with Gasteiger partial charge in [-0.2, -0.15) is 0 Å². The van der Waals surface area contributed by atoms with Gasteiger partial charge in [-0.1, -0.05) is 96.1 Å². The summed E-state index contributed by atoms with van der Waals surface area (Å²) in [5, 5.41) is 12.5. The summed E-state index contributed by atoms with van der Waals surface area (Å²) in [5.41, 5.74) is 1.31. The van der Waals surface area contributed by atoms with Crippen molar-refractivity contribution in [2.75, 3.05) is 32.8 Å². The van der Waals surface area contributed by atoms with Gasteiger partial charge in [-0.05, 0) is 52.0 Å². The number of amides is 1. The fourth-order valence-electron chi connectivity index (χ4n) is 4.31. The van der Waals surface area contributed by atoms with Gasteiger partial charge in [-0.15, -0.1) is 0 Å². The van der Waals surface area contributed by atoms with E-state index in [0.29, 0.717) is 12.3 Å². The molecule has 0 aliphatic carbocycles. The van der Waals surface area contributed by atoms with Crippen molar-refractivity contribution in [2.45, 2.75) is 130 Å². The number of rotatable bonds is 24. The number of unbranched alkanes of at least 4 members (excludes halogenated alkanes) is 10. The van der Waals surface area contributed by atoms with E-state index in [1.54, 1.807) is 0 Å². The first-order valence-electron chi connectivity index (χ1n) is 14.3. The Morgan fingerprint density at radius 3 is 2.00 bits per heavy atom. The van der Waals surface area contributed by atoms with Crippen LogP contribution in [0.25, 0.3) is 0 Å². The number of carbonyl (C=O) groups is 1. The van der Waals surface area contributed by atoms with Gasteiger partial charge in [0.05, 0.1) is 6.61 Å². The maximum atomic E-state index is 12.4. The van der Waals surface area contributed by atoms with Gasteiger partial charge in [0.2, 0.25) is 5.91 Å². The molecule has 1 amide bonds. The average Bonchev–Trinajstić information content (AvgIpc) is 2.79. The Morgan fingerprint density at radius 1 is 0.818 bits per heavy atom. The summed E-state index contributed by atoms with van der Waals surface area (Å²) in [5.74, 6) is 0.882. The molecule has 0 spiro atoms. The molecule has 0 fully saturated rings. The molecule has 0 heterocycles. The van der Waals surface area contributed by atoms with E-state index >= 15 is 0 Å². The number of hydrogen-bond acceptors (Lipinski definition) is 3. The van der Waals surface area contributed by atoms with Gasteiger partial charge < -0.3 is 10.4 Å². The van der Waals surface area contributed by atoms with Crippen LogP contribution in [0.5, 0.6) is 0 Å². The minimum atomic E-state index is 0.206. The molecule has 4 nitrogen and oxygen atoms in total. The highest BCUT2D eigenvalue weighted by atomic mass is 16.3. The second-order valence-corrected chi connectivity index (χ2v) is 10.2. The molecular formula is C29H58N2O2. The lowest BCUT2D eigenvalue weighted by Gasteiger charge is -2.20. The van der Waals surface area contributed by atoms with Crippen LogP contribution in [0.15, 0.2) is 11.6 Å². The lowest BCUT2D eigenvalue weighted by molar-refractivity contribution is -0.121. The van der Waals surface area contributed by atoms with E-state index in [1.165, 1.54) is 82.6 Å². The van der Waals surface area contributed by atoms with Crippen molar-refractivity contribution in [1.29, 1.82) is 0 Å². The predicted octanol–water partition coefficient (Wildman–Crippen LogP) is 7.26. The molecule has 0 rings (SSSR count). The minimum Gasteiger partial charge on any atom is -0.395 e. The molecule has 1 atom stereocenters. The third-order valence-corrected chi connectivity index (χ3v) is 6.57. The quantitative estimate of drug-likeness (QED) is 0.116. The minimum absolute atomic E-state index is 0.206. The molecular weight excluding hydrogens is 408 g/mol. The fourth-order valence-corrected chi connectivity index (χ4v) is 4.31. The summed E-state index contributed by atoms with van der Waals surface area (Å²) in [6.45, 7) is 12.4. The number of allylic oxidation sites excluding steroid dienone is 1. The first-order valence-corrected chi connectivity index (χ1v) is 14.3. The van der Waals surface area contributed by atoms with Crippen LogP contribution in [0.1, 0.15) is 130 Å². The van der Waals surface area contributed by atoms with Crippen LogP contribution < -0.4 is 5.32 Å². The van der Waals surface area contributed by atoms with Crippen molar-refractivity contribution < 1.29 is 9.90 Å². The van der Waals surface area contributed by atoms with Crippen LogP contribution in [-0.4, -0.2) is 48.7 Å². The highest BCUT2D eigenvalue weighted by molar-refractivity contribution is 5.75. The molecule has 0 aromatic heterocycles. The second kappa shape index (κ2) is 24.3. The Kier molecular flexibility index (Phi) is 23.6. The highest BCUT2D eigenvalue weighted by Crippen LogP contribution is 2.18. The molecule has 196 valence electrons. The number of hydrogen-bond donors (Lipinski definition) is 2. The van der Waals surface area contributed by atoms with Crippen molar-refractivity contribution >= 4 is 5.91 Å². The van der Waals surface area contributed by atoms with Gasteiger partial charge in [-0.3, -0.25) is 9.69 Å². The Bertz CT molecular complexity index is 461. The summed E-state index contributed by atoms with van der Waals surface area (Å²) in [4.78, 5) is 14.7. The zero-order valence-corrected chi connectivity index (χ0v) is 22.8. The smallest absolute Gasteiger partial charge is 0.220 e. The molecule has 0 aliphatic rings. The van der Waals surface area contributed by atoms with E-state index in [9.17, 15) is 9.90 Å². The van der Waals surface area contributed by atoms with Gasteiger partial charge in [0.15, 0.2) is 0 Å². The monoisotopic (exact) mass is 466 g/mol. The van der Waals surface area contributed by atoms with Crippen LogP contribution >= 0.6 is 0 Å². The highest BCUT2D eigenvalue weighted by Gasteiger charge is 2.11. The summed E-state index contributed by atoms with van der Waals surface area (Å²) >= 11 is 0. The number of aliphatic hydroxyl groups excluding tert-OH is 1. The largest absolute Gasteiger partial charge is 0.395 e. The van der Waals surface area contributed by atoms with Crippen molar-refractivity contribution in [3.8, 4) is 0 Å². The summed E-state index contributed by atoms with van der Waals surface area (Å²) in [7, 11) is 0. The maximum absolute atomic E-state index is 12.4. The molecule has 4 heteroatoms. The van der Waals surface area contributed by atoms with Crippen molar-refractivity contribution in [2.24, 2.45) is 5.92 Å². The number of nitrogens with zero attached hydrogens (tertiary/aromatic N) is 1. The molecule has 0 saturated carbocycles. The van der Waals surface area contributed by atoms with Crippen LogP contribution in [-0.2, 0) is 4.79 Å². The number of nitrogens with one attached hydrogen (secondary N) is 1. The van der Waals surface area contributed by atoms with Gasteiger partial charge in [0.25, 0.3) is 0 Å². The molecule has 0 bridgehead atoms. The van der Waals surface area contributed by atoms with Crippen LogP contribution in [0.2, 0.25) is 0 Å². The molecule has 0 aromatic carbocycles. The normalized spacial score (nSPS) is 12.2. The molecule has 0 aliphatic heterocycles. The molecule has 0 radical (unpaired) electrons. The Hall–Kier alpha value is -0.870. The van der Waals surface area contributed by atoms with Crippen LogP contribution in [0.3, 0.4) is 0 Å². The predicted molar refractivity (Wildman–Crippen MR) is 145 cm³/mol. The standard InChI is InChI=1S/C29H58N2O2/c1-5-7-9-11-12-15-19-28(18-14-10-8-6-2)26-30-29(33)20-16-13-17-22-31(24-25-32)23-21-27(3)4/h21,28,32H,5-20,22-26H2,1-4H3,(H,30,33). The van der Waals surface area contributed by atoms with E-state index in [2.05, 4.69) is 44.0 Å². The van der Waals surface area contributed by atoms with E-state index in [1.807, 2.05) is 0 Å². The SMILES string of the molecule is CCCCCCCCC(CCCCCC)CNC(=O)CCCCCN(CC=C(C)C)CCO. The Balaban J connectivity index is 4.09. The third-order valence-electron chi connectivity index (χ3n) is 6.57. The van der Waals surface area contributed by atoms with Crippen molar-refractivity contribution in [1.82, 2.24) is 10.2 Å². The zero-order valence-electron chi connectivity index (χ0n) is 22.8. The second-order valence-electron chi connectivity index (χ2n) is 10.2. The van der Waals surface area contributed by atoms with Crippen LogP contribution in [0, 0.1) is 5.92 Å². The van der Waals surface area contributed by atoms with Gasteiger partial charge >= 0.3 is 0 Å². The van der Waals surface area contributed by atoms with E-state index in [4.69, 9.17) is 0 Å². The zero-order chi connectivity index (χ0) is 24.6. The molecule has 0 saturated heterocycles. The molecule has 33 heavy (non-hydrogen) atoms. The van der Waals surface area contributed by atoms with Gasteiger partial charge in [-0.25, -0.2) is 0 Å². The van der Waals surface area contributed by atoms with Crippen LogP contribution in [0.4, 0.5) is 0 Å². The van der Waals surface area contributed by atoms with E-state index in [0.717, 1.165) is 45.4 Å². The molecule has 2 N–H and O–H groups in total. The lowest BCUT2D eigenvalue weighted by atomic mass is 9.94. The summed E-state index contributed by atoms with van der Waals surface area (Å²) in [6.07, 6.45) is 21.8. The van der Waals surface area contributed by atoms with Gasteiger partial charge in [0.1, 0.15) is 0 Å². The third kappa shape index (κ3) is 22.7.